The van der Waals surface area contributed by atoms with Crippen LogP contribution in [0.25, 0.3) is 21.8 Å². The highest BCUT2D eigenvalue weighted by Crippen LogP contribution is 2.35. The molecule has 0 saturated carbocycles. The largest absolute Gasteiger partial charge is 0.369 e. The second-order valence-corrected chi connectivity index (χ2v) is 7.39. The van der Waals surface area contributed by atoms with Crippen molar-refractivity contribution in [3.05, 3.63) is 41.3 Å². The van der Waals surface area contributed by atoms with E-state index in [9.17, 15) is 4.39 Å². The molecule has 3 heterocycles. The molecule has 0 bridgehead atoms. The summed E-state index contributed by atoms with van der Waals surface area (Å²) in [5.41, 5.74) is 2.84. The topological polar surface area (TPSA) is 73.8 Å². The van der Waals surface area contributed by atoms with Gasteiger partial charge in [-0.3, -0.25) is 9.78 Å². The van der Waals surface area contributed by atoms with Crippen LogP contribution < -0.4 is 15.5 Å². The van der Waals surface area contributed by atoms with Gasteiger partial charge in [0.2, 0.25) is 0 Å². The summed E-state index contributed by atoms with van der Waals surface area (Å²) in [6.07, 6.45) is 1.78. The van der Waals surface area contributed by atoms with Crippen LogP contribution in [0.2, 0.25) is 5.02 Å². The van der Waals surface area contributed by atoms with Gasteiger partial charge >= 0.3 is 0 Å². The Bertz CT molecular complexity index is 1180. The third kappa shape index (κ3) is 2.94. The van der Waals surface area contributed by atoms with Gasteiger partial charge in [-0.2, -0.15) is 10.2 Å². The summed E-state index contributed by atoms with van der Waals surface area (Å²) in [6, 6.07) is 7.27. The third-order valence-electron chi connectivity index (χ3n) is 5.02. The number of piperazine rings is 1. The van der Waals surface area contributed by atoms with E-state index in [1.807, 2.05) is 12.1 Å². The van der Waals surface area contributed by atoms with Gasteiger partial charge in [-0.05, 0) is 24.3 Å². The van der Waals surface area contributed by atoms with Crippen LogP contribution >= 0.6 is 11.6 Å². The summed E-state index contributed by atoms with van der Waals surface area (Å²) in [7, 11) is 1.77. The molecule has 9 heteroatoms. The molecule has 0 radical (unpaired) electrons. The van der Waals surface area contributed by atoms with Gasteiger partial charge in [-0.25, -0.2) is 4.39 Å². The molecule has 2 aromatic heterocycles. The van der Waals surface area contributed by atoms with E-state index in [0.29, 0.717) is 22.0 Å². The van der Waals surface area contributed by atoms with E-state index in [0.717, 1.165) is 48.2 Å². The standard InChI is InChI=1S/C19H19ClFN7/c1-27-10-11-6-12(7-15(21)18(11)26-27)23-19-17-14(20)8-13(9-16(17)24-25-19)28-4-2-22-3-5-28/h6-10,22H,2-5H2,1H3,(H2,23,24,25). The average Bonchev–Trinajstić information content (AvgIpc) is 3.26. The van der Waals surface area contributed by atoms with Gasteiger partial charge in [0.05, 0.1) is 15.9 Å². The van der Waals surface area contributed by atoms with Crippen molar-refractivity contribution in [2.75, 3.05) is 36.4 Å². The van der Waals surface area contributed by atoms with Crippen LogP contribution in [0, 0.1) is 5.82 Å². The normalized spacial score (nSPS) is 14.9. The van der Waals surface area contributed by atoms with E-state index in [1.165, 1.54) is 6.07 Å². The van der Waals surface area contributed by atoms with Crippen molar-refractivity contribution >= 4 is 50.6 Å². The maximum Gasteiger partial charge on any atom is 0.161 e. The summed E-state index contributed by atoms with van der Waals surface area (Å²) in [4.78, 5) is 2.29. The Hall–Kier alpha value is -2.84. The fraction of sp³-hybridized carbons (Fsp3) is 0.263. The molecule has 5 rings (SSSR count). The van der Waals surface area contributed by atoms with Crippen LogP contribution in [0.3, 0.4) is 0 Å². The first kappa shape index (κ1) is 17.3. The Morgan fingerprint density at radius 1 is 1.18 bits per heavy atom. The molecule has 28 heavy (non-hydrogen) atoms. The number of hydrogen-bond acceptors (Lipinski definition) is 5. The van der Waals surface area contributed by atoms with Crippen molar-refractivity contribution in [1.82, 2.24) is 25.3 Å². The molecule has 1 fully saturated rings. The number of nitrogens with zero attached hydrogens (tertiary/aromatic N) is 4. The second kappa shape index (κ2) is 6.65. The number of nitrogens with one attached hydrogen (secondary N) is 3. The molecule has 1 aliphatic rings. The van der Waals surface area contributed by atoms with Crippen LogP contribution in [0.5, 0.6) is 0 Å². The van der Waals surface area contributed by atoms with Crippen molar-refractivity contribution in [3.8, 4) is 0 Å². The molecule has 0 unspecified atom stereocenters. The van der Waals surface area contributed by atoms with Gasteiger partial charge in [0.15, 0.2) is 11.6 Å². The van der Waals surface area contributed by atoms with E-state index >= 15 is 0 Å². The first-order valence-electron chi connectivity index (χ1n) is 9.12. The highest BCUT2D eigenvalue weighted by Gasteiger charge is 2.17. The molecule has 0 atom stereocenters. The van der Waals surface area contributed by atoms with Crippen molar-refractivity contribution in [1.29, 1.82) is 0 Å². The van der Waals surface area contributed by atoms with Gasteiger partial charge < -0.3 is 15.5 Å². The first-order valence-corrected chi connectivity index (χ1v) is 9.49. The van der Waals surface area contributed by atoms with Crippen LogP contribution in [0.4, 0.5) is 21.6 Å². The highest BCUT2D eigenvalue weighted by molar-refractivity contribution is 6.36. The molecule has 4 aromatic rings. The molecular weight excluding hydrogens is 381 g/mol. The molecule has 0 spiro atoms. The molecule has 1 saturated heterocycles. The van der Waals surface area contributed by atoms with Crippen LogP contribution in [0.1, 0.15) is 0 Å². The maximum atomic E-state index is 14.4. The molecule has 3 N–H and O–H groups in total. The Labute approximate surface area is 165 Å². The number of H-pyrrole nitrogens is 1. The summed E-state index contributed by atoms with van der Waals surface area (Å²) < 4.78 is 16.0. The Kier molecular flexibility index (Phi) is 4.10. The quantitative estimate of drug-likeness (QED) is 0.492. The van der Waals surface area contributed by atoms with E-state index in [2.05, 4.69) is 36.9 Å². The molecule has 2 aromatic carbocycles. The number of benzene rings is 2. The van der Waals surface area contributed by atoms with E-state index in [-0.39, 0.29) is 5.82 Å². The van der Waals surface area contributed by atoms with Crippen molar-refractivity contribution in [2.45, 2.75) is 0 Å². The smallest absolute Gasteiger partial charge is 0.161 e. The zero-order valence-electron chi connectivity index (χ0n) is 15.3. The SMILES string of the molecule is Cn1cc2cc(Nc3n[nH]c4cc(N5CCNCC5)cc(Cl)c34)cc(F)c2n1. The van der Waals surface area contributed by atoms with Crippen molar-refractivity contribution in [2.24, 2.45) is 7.05 Å². The number of aromatic amines is 1. The van der Waals surface area contributed by atoms with Crippen molar-refractivity contribution < 1.29 is 4.39 Å². The van der Waals surface area contributed by atoms with Crippen LogP contribution in [-0.4, -0.2) is 46.2 Å². The molecular formula is C19H19ClFN7. The van der Waals surface area contributed by atoms with Gasteiger partial charge in [0.1, 0.15) is 5.52 Å². The minimum Gasteiger partial charge on any atom is -0.369 e. The Balaban J connectivity index is 1.51. The lowest BCUT2D eigenvalue weighted by molar-refractivity contribution is 0.589. The number of hydrogen-bond donors (Lipinski definition) is 3. The fourth-order valence-electron chi connectivity index (χ4n) is 3.71. The fourth-order valence-corrected chi connectivity index (χ4v) is 4.01. The van der Waals surface area contributed by atoms with E-state index in [1.54, 1.807) is 17.9 Å². The van der Waals surface area contributed by atoms with Crippen molar-refractivity contribution in [3.63, 3.8) is 0 Å². The van der Waals surface area contributed by atoms with Gasteiger partial charge in [0, 0.05) is 56.2 Å². The number of halogens is 2. The molecule has 7 nitrogen and oxygen atoms in total. The lowest BCUT2D eigenvalue weighted by Crippen LogP contribution is -2.43. The zero-order chi connectivity index (χ0) is 19.3. The minimum absolute atomic E-state index is 0.346. The minimum atomic E-state index is -0.382. The molecule has 0 aliphatic carbocycles. The molecule has 1 aliphatic heterocycles. The average molecular weight is 400 g/mol. The van der Waals surface area contributed by atoms with Gasteiger partial charge in [0.25, 0.3) is 0 Å². The van der Waals surface area contributed by atoms with Gasteiger partial charge in [-0.1, -0.05) is 11.6 Å². The summed E-state index contributed by atoms with van der Waals surface area (Å²) in [5, 5.41) is 20.2. The Morgan fingerprint density at radius 3 is 2.82 bits per heavy atom. The number of rotatable bonds is 3. The molecule has 144 valence electrons. The lowest BCUT2D eigenvalue weighted by Gasteiger charge is -2.29. The number of anilines is 3. The predicted octanol–water partition coefficient (Wildman–Crippen LogP) is 3.40. The van der Waals surface area contributed by atoms with Crippen LogP contribution in [-0.2, 0) is 7.05 Å². The lowest BCUT2D eigenvalue weighted by atomic mass is 10.2. The summed E-state index contributed by atoms with van der Waals surface area (Å²) in [6.45, 7) is 3.78. The summed E-state index contributed by atoms with van der Waals surface area (Å²) >= 11 is 6.59. The van der Waals surface area contributed by atoms with E-state index in [4.69, 9.17) is 11.6 Å². The Morgan fingerprint density at radius 2 is 2.00 bits per heavy atom. The van der Waals surface area contributed by atoms with Crippen LogP contribution in [0.15, 0.2) is 30.5 Å². The zero-order valence-corrected chi connectivity index (χ0v) is 16.0. The number of aryl methyl sites for hydroxylation is 1. The van der Waals surface area contributed by atoms with Gasteiger partial charge in [-0.15, -0.1) is 0 Å². The monoisotopic (exact) mass is 399 g/mol. The van der Waals surface area contributed by atoms with E-state index < -0.39 is 0 Å². The predicted molar refractivity (Wildman–Crippen MR) is 110 cm³/mol. The maximum absolute atomic E-state index is 14.4. The molecule has 0 amide bonds. The number of fused-ring (bicyclic) bond motifs is 2. The first-order chi connectivity index (χ1) is 13.6. The second-order valence-electron chi connectivity index (χ2n) is 6.98. The summed E-state index contributed by atoms with van der Waals surface area (Å²) in [5.74, 6) is 0.182. The third-order valence-corrected chi connectivity index (χ3v) is 5.32. The highest BCUT2D eigenvalue weighted by atomic mass is 35.5. The number of aromatic nitrogens is 4.